The summed E-state index contributed by atoms with van der Waals surface area (Å²) in [6.07, 6.45) is 1.12. The predicted octanol–water partition coefficient (Wildman–Crippen LogP) is 4.67. The minimum Gasteiger partial charge on any atom is -0.488 e. The van der Waals surface area contributed by atoms with Gasteiger partial charge >= 0.3 is 0 Å². The summed E-state index contributed by atoms with van der Waals surface area (Å²) in [4.78, 5) is 0. The molecule has 0 aromatic heterocycles. The molecule has 104 valence electrons. The Kier molecular flexibility index (Phi) is 4.08. The van der Waals surface area contributed by atoms with E-state index in [0.717, 1.165) is 33.0 Å². The van der Waals surface area contributed by atoms with E-state index in [1.165, 1.54) is 11.1 Å². The normalized spacial score (nSPS) is 16.6. The molecule has 1 atom stereocenters. The molecule has 1 unspecified atom stereocenters. The molecule has 0 fully saturated rings. The fourth-order valence-electron chi connectivity index (χ4n) is 2.42. The number of anilines is 1. The lowest BCUT2D eigenvalue weighted by Crippen LogP contribution is -2.24. The minimum absolute atomic E-state index is 0.169. The zero-order valence-corrected chi connectivity index (χ0v) is 14.0. The summed E-state index contributed by atoms with van der Waals surface area (Å²) in [5.41, 5.74) is 3.54. The molecule has 0 aliphatic carbocycles. The van der Waals surface area contributed by atoms with Gasteiger partial charge in [0.1, 0.15) is 11.9 Å². The molecule has 20 heavy (non-hydrogen) atoms. The standard InChI is InChI=1S/C16H15ClINO/c1-10-2-5-16-11(6-10)7-13(20-16)9-19-15-4-3-12(18)8-14(15)17/h2-6,8,13,19H,7,9H2,1H3. The molecule has 1 heterocycles. The number of fused-ring (bicyclic) bond motifs is 1. The molecule has 0 radical (unpaired) electrons. The molecule has 2 aromatic rings. The highest BCUT2D eigenvalue weighted by atomic mass is 127. The van der Waals surface area contributed by atoms with Crippen molar-refractivity contribution in [3.8, 4) is 5.75 Å². The Labute approximate surface area is 137 Å². The lowest BCUT2D eigenvalue weighted by Gasteiger charge is -2.14. The lowest BCUT2D eigenvalue weighted by atomic mass is 10.1. The Morgan fingerprint density at radius 3 is 2.95 bits per heavy atom. The molecule has 1 aliphatic rings. The first-order chi connectivity index (χ1) is 9.61. The smallest absolute Gasteiger partial charge is 0.123 e. The van der Waals surface area contributed by atoms with E-state index >= 15 is 0 Å². The largest absolute Gasteiger partial charge is 0.488 e. The summed E-state index contributed by atoms with van der Waals surface area (Å²) in [7, 11) is 0. The number of hydrogen-bond acceptors (Lipinski definition) is 2. The quantitative estimate of drug-likeness (QED) is 0.758. The highest BCUT2D eigenvalue weighted by Crippen LogP contribution is 2.30. The van der Waals surface area contributed by atoms with Gasteiger partial charge in [0.15, 0.2) is 0 Å². The van der Waals surface area contributed by atoms with Crippen molar-refractivity contribution in [3.05, 3.63) is 56.1 Å². The van der Waals surface area contributed by atoms with E-state index in [2.05, 4.69) is 53.0 Å². The summed E-state index contributed by atoms with van der Waals surface area (Å²) in [5.74, 6) is 1.01. The first-order valence-corrected chi connectivity index (χ1v) is 8.02. The van der Waals surface area contributed by atoms with Crippen molar-refractivity contribution in [2.24, 2.45) is 0 Å². The van der Waals surface area contributed by atoms with Crippen molar-refractivity contribution in [3.63, 3.8) is 0 Å². The van der Waals surface area contributed by atoms with Crippen LogP contribution in [-0.4, -0.2) is 12.6 Å². The van der Waals surface area contributed by atoms with Gasteiger partial charge in [0.05, 0.1) is 17.3 Å². The van der Waals surface area contributed by atoms with Crippen molar-refractivity contribution in [1.82, 2.24) is 0 Å². The van der Waals surface area contributed by atoms with E-state index in [9.17, 15) is 0 Å². The van der Waals surface area contributed by atoms with Crippen molar-refractivity contribution >= 4 is 39.9 Å². The number of nitrogens with one attached hydrogen (secondary N) is 1. The van der Waals surface area contributed by atoms with Gasteiger partial charge in [-0.3, -0.25) is 0 Å². The summed E-state index contributed by atoms with van der Waals surface area (Å²) >= 11 is 8.47. The third kappa shape index (κ3) is 3.04. The molecular formula is C16H15ClINO. The highest BCUT2D eigenvalue weighted by molar-refractivity contribution is 14.1. The van der Waals surface area contributed by atoms with Gasteiger partial charge in [-0.05, 0) is 59.3 Å². The van der Waals surface area contributed by atoms with Crippen molar-refractivity contribution in [2.75, 3.05) is 11.9 Å². The molecular weight excluding hydrogens is 385 g/mol. The highest BCUT2D eigenvalue weighted by Gasteiger charge is 2.22. The maximum absolute atomic E-state index is 6.22. The molecule has 1 aliphatic heterocycles. The maximum atomic E-state index is 6.22. The topological polar surface area (TPSA) is 21.3 Å². The van der Waals surface area contributed by atoms with Crippen LogP contribution in [0.2, 0.25) is 5.02 Å². The Morgan fingerprint density at radius 2 is 2.15 bits per heavy atom. The van der Waals surface area contributed by atoms with Crippen molar-refractivity contribution in [2.45, 2.75) is 19.4 Å². The third-order valence-corrected chi connectivity index (χ3v) is 4.39. The Morgan fingerprint density at radius 1 is 1.30 bits per heavy atom. The van der Waals surface area contributed by atoms with Gasteiger partial charge in [-0.2, -0.15) is 0 Å². The van der Waals surface area contributed by atoms with E-state index in [1.54, 1.807) is 0 Å². The molecule has 1 N–H and O–H groups in total. The SMILES string of the molecule is Cc1ccc2c(c1)CC(CNc1ccc(I)cc1Cl)O2. The monoisotopic (exact) mass is 399 g/mol. The van der Waals surface area contributed by atoms with Crippen LogP contribution in [-0.2, 0) is 6.42 Å². The molecule has 0 amide bonds. The van der Waals surface area contributed by atoms with Gasteiger partial charge < -0.3 is 10.1 Å². The molecule has 3 rings (SSSR count). The van der Waals surface area contributed by atoms with Gasteiger partial charge in [-0.25, -0.2) is 0 Å². The van der Waals surface area contributed by atoms with Crippen LogP contribution in [0.1, 0.15) is 11.1 Å². The molecule has 4 heteroatoms. The second-order valence-electron chi connectivity index (χ2n) is 5.06. The molecule has 2 aromatic carbocycles. The van der Waals surface area contributed by atoms with Crippen molar-refractivity contribution < 1.29 is 4.74 Å². The first-order valence-electron chi connectivity index (χ1n) is 6.57. The number of aryl methyl sites for hydroxylation is 1. The van der Waals surface area contributed by atoms with Crippen LogP contribution in [0.15, 0.2) is 36.4 Å². The number of rotatable bonds is 3. The van der Waals surface area contributed by atoms with Crippen LogP contribution in [0.5, 0.6) is 5.75 Å². The molecule has 0 saturated carbocycles. The summed E-state index contributed by atoms with van der Waals surface area (Å²) in [6.45, 7) is 2.87. The molecule has 0 spiro atoms. The van der Waals surface area contributed by atoms with Gasteiger partial charge in [0, 0.05) is 9.99 Å². The van der Waals surface area contributed by atoms with Gasteiger partial charge in [-0.1, -0.05) is 29.3 Å². The Hall–Kier alpha value is -0.940. The van der Waals surface area contributed by atoms with Gasteiger partial charge in [0.2, 0.25) is 0 Å². The average Bonchev–Trinajstić information content (AvgIpc) is 2.79. The second kappa shape index (κ2) is 5.82. The van der Waals surface area contributed by atoms with E-state index in [4.69, 9.17) is 16.3 Å². The Bertz CT molecular complexity index is 644. The average molecular weight is 400 g/mol. The van der Waals surface area contributed by atoms with E-state index < -0.39 is 0 Å². The minimum atomic E-state index is 0.169. The molecule has 2 nitrogen and oxygen atoms in total. The predicted molar refractivity (Wildman–Crippen MR) is 92.0 cm³/mol. The zero-order valence-electron chi connectivity index (χ0n) is 11.1. The van der Waals surface area contributed by atoms with E-state index in [1.807, 2.05) is 18.2 Å². The molecule has 0 bridgehead atoms. The second-order valence-corrected chi connectivity index (χ2v) is 6.71. The fourth-order valence-corrected chi connectivity index (χ4v) is 3.34. The number of ether oxygens (including phenoxy) is 1. The zero-order chi connectivity index (χ0) is 14.1. The molecule has 0 saturated heterocycles. The van der Waals surface area contributed by atoms with Crippen LogP contribution in [0.3, 0.4) is 0 Å². The van der Waals surface area contributed by atoms with E-state index in [0.29, 0.717) is 0 Å². The summed E-state index contributed by atoms with van der Waals surface area (Å²) < 4.78 is 7.08. The van der Waals surface area contributed by atoms with Crippen molar-refractivity contribution in [1.29, 1.82) is 0 Å². The van der Waals surface area contributed by atoms with Crippen LogP contribution in [0.4, 0.5) is 5.69 Å². The lowest BCUT2D eigenvalue weighted by molar-refractivity contribution is 0.246. The first kappa shape index (κ1) is 14.0. The van der Waals surface area contributed by atoms with E-state index in [-0.39, 0.29) is 6.10 Å². The maximum Gasteiger partial charge on any atom is 0.123 e. The number of benzene rings is 2. The third-order valence-electron chi connectivity index (χ3n) is 3.41. The number of halogens is 2. The Balaban J connectivity index is 1.63. The summed E-state index contributed by atoms with van der Waals surface area (Å²) in [6, 6.07) is 12.4. The van der Waals surface area contributed by atoms with Gasteiger partial charge in [-0.15, -0.1) is 0 Å². The van der Waals surface area contributed by atoms with Gasteiger partial charge in [0.25, 0.3) is 0 Å². The van der Waals surface area contributed by atoms with Crippen LogP contribution in [0.25, 0.3) is 0 Å². The fraction of sp³-hybridized carbons (Fsp3) is 0.250. The van der Waals surface area contributed by atoms with Crippen LogP contribution >= 0.6 is 34.2 Å². The van der Waals surface area contributed by atoms with Crippen LogP contribution < -0.4 is 10.1 Å². The van der Waals surface area contributed by atoms with Crippen LogP contribution in [0, 0.1) is 10.5 Å². The summed E-state index contributed by atoms with van der Waals surface area (Å²) in [5, 5.41) is 4.12. The number of hydrogen-bond donors (Lipinski definition) is 1.